The Morgan fingerprint density at radius 3 is 2.62 bits per heavy atom. The summed E-state index contributed by atoms with van der Waals surface area (Å²) in [5.74, 6) is 4.78. The molecule has 0 unspecified atom stereocenters. The van der Waals surface area contributed by atoms with Crippen molar-refractivity contribution in [1.29, 1.82) is 0 Å². The number of hydrogen-bond acceptors (Lipinski definition) is 5. The monoisotopic (exact) mass is 428 g/mol. The van der Waals surface area contributed by atoms with Crippen LogP contribution in [0.25, 0.3) is 11.1 Å². The van der Waals surface area contributed by atoms with Gasteiger partial charge in [0, 0.05) is 22.9 Å². The van der Waals surface area contributed by atoms with Gasteiger partial charge in [-0.25, -0.2) is 15.6 Å². The molecule has 0 aromatic heterocycles. The van der Waals surface area contributed by atoms with Gasteiger partial charge in [-0.2, -0.15) is 0 Å². The highest BCUT2D eigenvalue weighted by atomic mass is 16.5. The molecule has 0 saturated carbocycles. The van der Waals surface area contributed by atoms with E-state index in [0.717, 1.165) is 11.1 Å². The molecule has 7 nitrogen and oxygen atoms in total. The van der Waals surface area contributed by atoms with Crippen molar-refractivity contribution in [2.45, 2.75) is 13.3 Å². The molecular weight excluding hydrogens is 404 g/mol. The number of nitrogens with two attached hydrogens (primary N) is 1. The van der Waals surface area contributed by atoms with Gasteiger partial charge in [0.25, 0.3) is 5.91 Å². The second kappa shape index (κ2) is 10.7. The number of ether oxygens (including phenoxy) is 1. The SMILES string of the molecule is C=C(CC)C(=O)Oc1cccc(NC(=O)c2ccccc2-c2cccc(N=CNN)c2)c1. The molecule has 3 aromatic rings. The van der Waals surface area contributed by atoms with Gasteiger partial charge in [-0.05, 0) is 47.9 Å². The van der Waals surface area contributed by atoms with Gasteiger partial charge < -0.3 is 15.5 Å². The van der Waals surface area contributed by atoms with E-state index in [1.807, 2.05) is 43.3 Å². The zero-order chi connectivity index (χ0) is 22.9. The topological polar surface area (TPSA) is 106 Å². The summed E-state index contributed by atoms with van der Waals surface area (Å²) in [5.41, 5.74) is 6.02. The Labute approximate surface area is 186 Å². The van der Waals surface area contributed by atoms with Gasteiger partial charge in [0.15, 0.2) is 0 Å². The summed E-state index contributed by atoms with van der Waals surface area (Å²) in [5, 5.41) is 2.87. The molecular formula is C25H24N4O3. The Kier molecular flexibility index (Phi) is 7.51. The molecule has 0 fully saturated rings. The van der Waals surface area contributed by atoms with Crippen LogP contribution in [0.1, 0.15) is 23.7 Å². The largest absolute Gasteiger partial charge is 0.423 e. The average Bonchev–Trinajstić information content (AvgIpc) is 2.82. The number of carbonyl (C=O) groups excluding carboxylic acids is 2. The molecule has 3 aromatic carbocycles. The Morgan fingerprint density at radius 1 is 1.06 bits per heavy atom. The van der Waals surface area contributed by atoms with Crippen LogP contribution < -0.4 is 21.3 Å². The first-order chi connectivity index (χ1) is 15.5. The van der Waals surface area contributed by atoms with Crippen LogP contribution in [0.3, 0.4) is 0 Å². The van der Waals surface area contributed by atoms with E-state index in [-0.39, 0.29) is 5.91 Å². The maximum absolute atomic E-state index is 13.1. The van der Waals surface area contributed by atoms with Gasteiger partial charge >= 0.3 is 5.97 Å². The van der Waals surface area contributed by atoms with Crippen molar-refractivity contribution in [3.8, 4) is 16.9 Å². The fraction of sp³-hybridized carbons (Fsp3) is 0.0800. The number of carbonyl (C=O) groups is 2. The second-order valence-electron chi connectivity index (χ2n) is 6.85. The Bertz CT molecular complexity index is 1170. The predicted octanol–water partition coefficient (Wildman–Crippen LogP) is 4.60. The van der Waals surface area contributed by atoms with Crippen molar-refractivity contribution in [1.82, 2.24) is 5.43 Å². The van der Waals surface area contributed by atoms with Crippen molar-refractivity contribution >= 4 is 29.6 Å². The Morgan fingerprint density at radius 2 is 1.84 bits per heavy atom. The summed E-state index contributed by atoms with van der Waals surface area (Å²) in [6.07, 6.45) is 1.88. The molecule has 162 valence electrons. The third-order valence-electron chi connectivity index (χ3n) is 4.63. The molecule has 0 saturated heterocycles. The van der Waals surface area contributed by atoms with E-state index in [2.05, 4.69) is 22.3 Å². The molecule has 0 spiro atoms. The average molecular weight is 428 g/mol. The van der Waals surface area contributed by atoms with E-state index in [9.17, 15) is 9.59 Å². The van der Waals surface area contributed by atoms with Crippen LogP contribution in [0.2, 0.25) is 0 Å². The minimum atomic E-state index is -0.492. The maximum Gasteiger partial charge on any atom is 0.338 e. The zero-order valence-corrected chi connectivity index (χ0v) is 17.7. The van der Waals surface area contributed by atoms with Crippen LogP contribution in [0.5, 0.6) is 5.75 Å². The molecule has 3 rings (SSSR count). The summed E-state index contributed by atoms with van der Waals surface area (Å²) in [6.45, 7) is 5.51. The van der Waals surface area contributed by atoms with E-state index in [1.165, 1.54) is 6.34 Å². The summed E-state index contributed by atoms with van der Waals surface area (Å²) >= 11 is 0. The molecule has 4 N–H and O–H groups in total. The lowest BCUT2D eigenvalue weighted by Gasteiger charge is -2.12. The second-order valence-corrected chi connectivity index (χ2v) is 6.85. The van der Waals surface area contributed by atoms with Crippen molar-refractivity contribution in [3.63, 3.8) is 0 Å². The van der Waals surface area contributed by atoms with Crippen molar-refractivity contribution < 1.29 is 14.3 Å². The number of rotatable bonds is 8. The number of aliphatic imine (C=N–C) groups is 1. The lowest BCUT2D eigenvalue weighted by Crippen LogP contribution is -2.18. The highest BCUT2D eigenvalue weighted by Gasteiger charge is 2.14. The third kappa shape index (κ3) is 5.68. The minimum absolute atomic E-state index is 0.292. The standard InChI is InChI=1S/C25H24N4O3/c1-3-17(2)25(31)32-21-11-7-10-20(15-21)29-24(30)23-13-5-4-12-22(23)18-8-6-9-19(14-18)27-16-28-26/h4-16H,2-3,26H2,1H3,(H,27,28)(H,29,30). The Balaban J connectivity index is 1.83. The molecule has 0 heterocycles. The van der Waals surface area contributed by atoms with Gasteiger partial charge in [-0.1, -0.05) is 49.9 Å². The number of amides is 1. The van der Waals surface area contributed by atoms with Gasteiger partial charge in [0.05, 0.1) is 5.69 Å². The molecule has 1 amide bonds. The first-order valence-electron chi connectivity index (χ1n) is 10.0. The fourth-order valence-electron chi connectivity index (χ4n) is 2.96. The van der Waals surface area contributed by atoms with Gasteiger partial charge in [-0.3, -0.25) is 4.79 Å². The summed E-state index contributed by atoms with van der Waals surface area (Å²) in [4.78, 5) is 29.2. The molecule has 0 aliphatic carbocycles. The molecule has 0 atom stereocenters. The molecule has 0 aliphatic heterocycles. The third-order valence-corrected chi connectivity index (χ3v) is 4.63. The van der Waals surface area contributed by atoms with E-state index < -0.39 is 5.97 Å². The van der Waals surface area contributed by atoms with Crippen LogP contribution in [0, 0.1) is 0 Å². The summed E-state index contributed by atoms with van der Waals surface area (Å²) in [6, 6.07) is 21.4. The number of benzene rings is 3. The smallest absolute Gasteiger partial charge is 0.338 e. The molecule has 0 aliphatic rings. The lowest BCUT2D eigenvalue weighted by atomic mass is 9.98. The van der Waals surface area contributed by atoms with Gasteiger partial charge in [0.2, 0.25) is 0 Å². The predicted molar refractivity (Wildman–Crippen MR) is 127 cm³/mol. The number of nitrogens with zero attached hydrogens (tertiary/aromatic N) is 1. The Hall–Kier alpha value is -4.23. The van der Waals surface area contributed by atoms with Crippen molar-refractivity contribution in [3.05, 3.63) is 90.5 Å². The number of esters is 1. The first-order valence-corrected chi connectivity index (χ1v) is 10.0. The highest BCUT2D eigenvalue weighted by molar-refractivity contribution is 6.09. The fourth-order valence-corrected chi connectivity index (χ4v) is 2.96. The van der Waals surface area contributed by atoms with E-state index in [0.29, 0.717) is 34.7 Å². The lowest BCUT2D eigenvalue weighted by molar-refractivity contribution is -0.130. The van der Waals surface area contributed by atoms with Gasteiger partial charge in [-0.15, -0.1) is 0 Å². The molecule has 7 heteroatoms. The maximum atomic E-state index is 13.1. The number of hydrazine groups is 1. The molecule has 0 radical (unpaired) electrons. The van der Waals surface area contributed by atoms with E-state index in [1.54, 1.807) is 36.4 Å². The zero-order valence-electron chi connectivity index (χ0n) is 17.7. The van der Waals surface area contributed by atoms with Crippen LogP contribution in [0.15, 0.2) is 89.9 Å². The first kappa shape index (κ1) is 22.5. The van der Waals surface area contributed by atoms with Crippen LogP contribution in [0.4, 0.5) is 11.4 Å². The molecule has 32 heavy (non-hydrogen) atoms. The van der Waals surface area contributed by atoms with Crippen LogP contribution in [-0.4, -0.2) is 18.2 Å². The van der Waals surface area contributed by atoms with Crippen molar-refractivity contribution in [2.24, 2.45) is 10.8 Å². The molecule has 0 bridgehead atoms. The van der Waals surface area contributed by atoms with E-state index >= 15 is 0 Å². The number of nitrogens with one attached hydrogen (secondary N) is 2. The quantitative estimate of drug-likeness (QED) is 0.0925. The van der Waals surface area contributed by atoms with Crippen molar-refractivity contribution in [2.75, 3.05) is 5.32 Å². The summed E-state index contributed by atoms with van der Waals surface area (Å²) < 4.78 is 5.32. The number of anilines is 1. The van der Waals surface area contributed by atoms with Gasteiger partial charge in [0.1, 0.15) is 12.1 Å². The van der Waals surface area contributed by atoms with Crippen LogP contribution >= 0.6 is 0 Å². The number of hydrogen-bond donors (Lipinski definition) is 3. The summed E-state index contributed by atoms with van der Waals surface area (Å²) in [7, 11) is 0. The van der Waals surface area contributed by atoms with Crippen LogP contribution in [-0.2, 0) is 4.79 Å². The highest BCUT2D eigenvalue weighted by Crippen LogP contribution is 2.28. The normalized spacial score (nSPS) is 10.6. The minimum Gasteiger partial charge on any atom is -0.423 e. The van der Waals surface area contributed by atoms with E-state index in [4.69, 9.17) is 10.6 Å².